The third-order valence-electron chi connectivity index (χ3n) is 2.60. The van der Waals surface area contributed by atoms with Crippen molar-refractivity contribution >= 4 is 11.6 Å². The smallest absolute Gasteiger partial charge is 0.324 e. The average Bonchev–Trinajstić information content (AvgIpc) is 2.20. The second-order valence-corrected chi connectivity index (χ2v) is 4.47. The third kappa shape index (κ3) is 4.56. The summed E-state index contributed by atoms with van der Waals surface area (Å²) in [6.45, 7) is 1.84. The molecule has 1 unspecified atom stereocenters. The number of rotatable bonds is 4. The highest BCUT2D eigenvalue weighted by molar-refractivity contribution is 6.32. The van der Waals surface area contributed by atoms with Crippen LogP contribution in [0.4, 0.5) is 13.2 Å². The largest absolute Gasteiger partial charge is 0.389 e. The van der Waals surface area contributed by atoms with Crippen molar-refractivity contribution in [3.8, 4) is 0 Å². The van der Waals surface area contributed by atoms with Crippen molar-refractivity contribution in [1.82, 2.24) is 0 Å². The Morgan fingerprint density at radius 3 is 2.59 bits per heavy atom. The van der Waals surface area contributed by atoms with Crippen LogP contribution < -0.4 is 5.73 Å². The zero-order chi connectivity index (χ0) is 13.1. The third-order valence-corrected chi connectivity index (χ3v) is 3.11. The Morgan fingerprint density at radius 2 is 2.00 bits per heavy atom. The highest BCUT2D eigenvalue weighted by Crippen LogP contribution is 2.29. The van der Waals surface area contributed by atoms with Gasteiger partial charge in [0.25, 0.3) is 0 Å². The van der Waals surface area contributed by atoms with Gasteiger partial charge in [-0.3, -0.25) is 0 Å². The number of nitrogens with two attached hydrogens (primary N) is 1. The quantitative estimate of drug-likeness (QED) is 0.859. The summed E-state index contributed by atoms with van der Waals surface area (Å²) in [7, 11) is 0. The molecule has 1 nitrogen and oxygen atoms in total. The molecule has 1 aromatic rings. The highest BCUT2D eigenvalue weighted by Gasteiger charge is 2.26. The van der Waals surface area contributed by atoms with Crippen molar-refractivity contribution in [2.24, 2.45) is 5.73 Å². The first kappa shape index (κ1) is 14.3. The molecule has 0 heterocycles. The van der Waals surface area contributed by atoms with Crippen LogP contribution in [0, 0.1) is 6.92 Å². The maximum Gasteiger partial charge on any atom is 0.389 e. The molecule has 0 saturated heterocycles. The zero-order valence-electron chi connectivity index (χ0n) is 9.52. The fourth-order valence-electron chi connectivity index (χ4n) is 1.63. The number of aryl methyl sites for hydroxylation is 1. The lowest BCUT2D eigenvalue weighted by molar-refractivity contribution is -0.135. The van der Waals surface area contributed by atoms with Crippen LogP contribution in [0.2, 0.25) is 5.02 Å². The second kappa shape index (κ2) is 5.74. The van der Waals surface area contributed by atoms with Gasteiger partial charge >= 0.3 is 6.18 Å². The molecular formula is C12H15ClF3N. The monoisotopic (exact) mass is 265 g/mol. The predicted octanol–water partition coefficient (Wildman–Crippen LogP) is 4.38. The van der Waals surface area contributed by atoms with E-state index in [1.165, 1.54) is 0 Å². The Morgan fingerprint density at radius 1 is 1.35 bits per heavy atom. The van der Waals surface area contributed by atoms with Crippen LogP contribution in [-0.2, 0) is 0 Å². The molecular weight excluding hydrogens is 251 g/mol. The van der Waals surface area contributed by atoms with Gasteiger partial charge in [0.2, 0.25) is 0 Å². The normalized spacial score (nSPS) is 13.8. The van der Waals surface area contributed by atoms with Gasteiger partial charge in [-0.05, 0) is 30.9 Å². The summed E-state index contributed by atoms with van der Waals surface area (Å²) < 4.78 is 36.0. The highest BCUT2D eigenvalue weighted by atomic mass is 35.5. The van der Waals surface area contributed by atoms with Crippen LogP contribution in [0.1, 0.15) is 36.4 Å². The Kier molecular flexibility index (Phi) is 4.83. The van der Waals surface area contributed by atoms with Gasteiger partial charge in [0.15, 0.2) is 0 Å². The predicted molar refractivity (Wildman–Crippen MR) is 63.0 cm³/mol. The fourth-order valence-corrected chi connectivity index (χ4v) is 1.90. The molecule has 96 valence electrons. The fraction of sp³-hybridized carbons (Fsp3) is 0.500. The molecule has 0 amide bonds. The van der Waals surface area contributed by atoms with E-state index in [-0.39, 0.29) is 12.8 Å². The summed E-state index contributed by atoms with van der Waals surface area (Å²) in [6, 6.07) is 4.96. The number of halogens is 4. The minimum atomic E-state index is -4.11. The van der Waals surface area contributed by atoms with E-state index >= 15 is 0 Å². The molecule has 17 heavy (non-hydrogen) atoms. The van der Waals surface area contributed by atoms with Crippen LogP contribution in [0.3, 0.4) is 0 Å². The molecule has 0 bridgehead atoms. The van der Waals surface area contributed by atoms with Crippen molar-refractivity contribution in [2.45, 2.75) is 38.4 Å². The molecule has 1 atom stereocenters. The Labute approximate surface area is 104 Å². The first-order valence-corrected chi connectivity index (χ1v) is 5.76. The molecule has 0 aliphatic carbocycles. The maximum atomic E-state index is 12.0. The lowest BCUT2D eigenvalue weighted by Gasteiger charge is -2.15. The van der Waals surface area contributed by atoms with E-state index in [0.29, 0.717) is 10.6 Å². The van der Waals surface area contributed by atoms with E-state index < -0.39 is 18.6 Å². The second-order valence-electron chi connectivity index (χ2n) is 4.09. The SMILES string of the molecule is Cc1cccc(C(N)CCCC(F)(F)F)c1Cl. The summed E-state index contributed by atoms with van der Waals surface area (Å²) in [6.07, 6.45) is -4.61. The van der Waals surface area contributed by atoms with Gasteiger partial charge in [0.1, 0.15) is 0 Å². The lowest BCUT2D eigenvalue weighted by Crippen LogP contribution is -2.13. The molecule has 0 aromatic heterocycles. The Balaban J connectivity index is 2.58. The summed E-state index contributed by atoms with van der Waals surface area (Å²) in [5, 5.41) is 0.548. The van der Waals surface area contributed by atoms with Gasteiger partial charge in [-0.1, -0.05) is 29.8 Å². The Bertz CT molecular complexity index is 377. The van der Waals surface area contributed by atoms with Crippen LogP contribution >= 0.6 is 11.6 Å². The van der Waals surface area contributed by atoms with E-state index in [0.717, 1.165) is 5.56 Å². The molecule has 1 rings (SSSR count). The van der Waals surface area contributed by atoms with Gasteiger partial charge in [-0.25, -0.2) is 0 Å². The molecule has 5 heteroatoms. The molecule has 0 fully saturated rings. The first-order valence-electron chi connectivity index (χ1n) is 5.38. The zero-order valence-corrected chi connectivity index (χ0v) is 10.3. The standard InChI is InChI=1S/C12H15ClF3N/c1-8-4-2-5-9(11(8)13)10(17)6-3-7-12(14,15)16/h2,4-5,10H,3,6-7,17H2,1H3. The van der Waals surface area contributed by atoms with E-state index in [4.69, 9.17) is 17.3 Å². The number of alkyl halides is 3. The molecule has 0 radical (unpaired) electrons. The van der Waals surface area contributed by atoms with E-state index in [1.54, 1.807) is 12.1 Å². The van der Waals surface area contributed by atoms with Gasteiger partial charge in [0, 0.05) is 17.5 Å². The molecule has 1 aromatic carbocycles. The molecule has 0 spiro atoms. The number of hydrogen-bond acceptors (Lipinski definition) is 1. The topological polar surface area (TPSA) is 26.0 Å². The Hall–Kier alpha value is -0.740. The minimum absolute atomic E-state index is 0.0228. The van der Waals surface area contributed by atoms with Crippen LogP contribution in [0.15, 0.2) is 18.2 Å². The van der Waals surface area contributed by atoms with Crippen LogP contribution in [0.25, 0.3) is 0 Å². The summed E-state index contributed by atoms with van der Waals surface area (Å²) >= 11 is 6.05. The van der Waals surface area contributed by atoms with Gasteiger partial charge < -0.3 is 5.73 Å². The summed E-state index contributed by atoms with van der Waals surface area (Å²) in [4.78, 5) is 0. The number of hydrogen-bond donors (Lipinski definition) is 1. The van der Waals surface area contributed by atoms with Crippen molar-refractivity contribution in [3.63, 3.8) is 0 Å². The summed E-state index contributed by atoms with van der Waals surface area (Å²) in [5.41, 5.74) is 7.44. The number of benzene rings is 1. The van der Waals surface area contributed by atoms with E-state index in [9.17, 15) is 13.2 Å². The van der Waals surface area contributed by atoms with Crippen LogP contribution in [-0.4, -0.2) is 6.18 Å². The minimum Gasteiger partial charge on any atom is -0.324 e. The van der Waals surface area contributed by atoms with Crippen LogP contribution in [0.5, 0.6) is 0 Å². The molecule has 0 aliphatic heterocycles. The average molecular weight is 266 g/mol. The van der Waals surface area contributed by atoms with Gasteiger partial charge in [-0.15, -0.1) is 0 Å². The van der Waals surface area contributed by atoms with Crippen molar-refractivity contribution < 1.29 is 13.2 Å². The van der Waals surface area contributed by atoms with Gasteiger partial charge in [0.05, 0.1) is 0 Å². The summed E-state index contributed by atoms with van der Waals surface area (Å²) in [5.74, 6) is 0. The maximum absolute atomic E-state index is 12.0. The van der Waals surface area contributed by atoms with Crippen molar-refractivity contribution in [3.05, 3.63) is 34.3 Å². The van der Waals surface area contributed by atoms with E-state index in [2.05, 4.69) is 0 Å². The first-order chi connectivity index (χ1) is 7.81. The van der Waals surface area contributed by atoms with Crippen molar-refractivity contribution in [2.75, 3.05) is 0 Å². The molecule has 0 aliphatic rings. The lowest BCUT2D eigenvalue weighted by atomic mass is 10.00. The van der Waals surface area contributed by atoms with E-state index in [1.807, 2.05) is 13.0 Å². The van der Waals surface area contributed by atoms with Crippen molar-refractivity contribution in [1.29, 1.82) is 0 Å². The molecule has 2 N–H and O–H groups in total. The van der Waals surface area contributed by atoms with Gasteiger partial charge in [-0.2, -0.15) is 13.2 Å². The molecule has 0 saturated carbocycles.